The molecule has 0 fully saturated rings. The summed E-state index contributed by atoms with van der Waals surface area (Å²) in [5.74, 6) is 0. The van der Waals surface area contributed by atoms with Crippen LogP contribution in [0.2, 0.25) is 0 Å². The molecule has 0 saturated carbocycles. The van der Waals surface area contributed by atoms with Gasteiger partial charge in [-0.3, -0.25) is 0 Å². The van der Waals surface area contributed by atoms with E-state index in [1.807, 2.05) is 0 Å². The van der Waals surface area contributed by atoms with Crippen LogP contribution in [0.1, 0.15) is 0 Å². The predicted molar refractivity (Wildman–Crippen MR) is 5.75 cm³/mol. The summed E-state index contributed by atoms with van der Waals surface area (Å²) in [5, 5.41) is 0. The Labute approximate surface area is 83.7 Å². The third-order valence-corrected chi connectivity index (χ3v) is 0. The normalized spacial score (nSPS) is 5.14. The van der Waals surface area contributed by atoms with E-state index in [4.69, 9.17) is 12.3 Å². The van der Waals surface area contributed by atoms with Gasteiger partial charge in [0.25, 0.3) is 0 Å². The Morgan fingerprint density at radius 2 is 0.714 bits per heavy atom. The minimum atomic E-state index is -3.94. The van der Waals surface area contributed by atoms with Gasteiger partial charge < -0.3 is 0 Å². The van der Waals surface area contributed by atoms with E-state index in [1.165, 1.54) is 0 Å². The number of hydrogen-bond donors (Lipinski definition) is 0. The first kappa shape index (κ1) is 22.9. The van der Waals surface area contributed by atoms with Crippen LogP contribution in [-0.4, -0.2) is 15.7 Å². The van der Waals surface area contributed by atoms with Gasteiger partial charge in [-0.2, -0.15) is 0 Å². The molecule has 0 aromatic rings. The van der Waals surface area contributed by atoms with Gasteiger partial charge in [-0.1, -0.05) is 0 Å². The first-order valence-corrected chi connectivity index (χ1v) is 2.85. The third-order valence-electron chi connectivity index (χ3n) is 0. The fourth-order valence-electron chi connectivity index (χ4n) is 0. The molecule has 0 aliphatic heterocycles. The van der Waals surface area contributed by atoms with Gasteiger partial charge in [0.2, 0.25) is 0 Å². The predicted octanol–water partition coefficient (Wildman–Crippen LogP) is -12.9. The monoisotopic (exact) mass is 144 g/mol. The Hall–Kier alpha value is 2.23. The van der Waals surface area contributed by atoms with Gasteiger partial charge in [-0.05, 0) is 0 Å². The zero-order valence-corrected chi connectivity index (χ0v) is 6.55. The summed E-state index contributed by atoms with van der Waals surface area (Å²) in [6.45, 7) is 0. The van der Waals surface area contributed by atoms with Crippen LogP contribution < -0.4 is 68.9 Å². The fourth-order valence-corrected chi connectivity index (χ4v) is 0. The molecule has 3 nitrogen and oxygen atoms in total. The van der Waals surface area contributed by atoms with E-state index >= 15 is 0 Å². The van der Waals surface area contributed by atoms with Crippen molar-refractivity contribution < 1.29 is 68.9 Å². The molecule has 7 heavy (non-hydrogen) atoms. The van der Waals surface area contributed by atoms with E-state index < -0.39 is 15.7 Å². The standard InChI is InChI=1S/AsO3.3Li/c2-1(3)4;;;/q-3;3*+1. The maximum atomic E-state index is 8.56. The first-order valence-electron chi connectivity index (χ1n) is 0.548. The second-order valence-electron chi connectivity index (χ2n) is 0.224. The van der Waals surface area contributed by atoms with Crippen molar-refractivity contribution in [2.45, 2.75) is 0 Å². The van der Waals surface area contributed by atoms with Crippen molar-refractivity contribution in [3.05, 3.63) is 0 Å². The van der Waals surface area contributed by atoms with E-state index in [-0.39, 0.29) is 56.6 Å². The molecular formula is AsLi3O3. The molecule has 26 valence electrons. The molecule has 0 amide bonds. The van der Waals surface area contributed by atoms with Gasteiger partial charge in [0.1, 0.15) is 0 Å². The topological polar surface area (TPSA) is 69.2 Å². The molecule has 0 unspecified atom stereocenters. The summed E-state index contributed by atoms with van der Waals surface area (Å²) >= 11 is -3.94. The molecule has 0 aliphatic carbocycles. The molecule has 0 heterocycles. The van der Waals surface area contributed by atoms with Crippen LogP contribution in [0.4, 0.5) is 0 Å². The summed E-state index contributed by atoms with van der Waals surface area (Å²) in [5.41, 5.74) is 0. The summed E-state index contributed by atoms with van der Waals surface area (Å²) in [7, 11) is 0. The van der Waals surface area contributed by atoms with Crippen molar-refractivity contribution >= 4 is 15.7 Å². The molecule has 0 aromatic carbocycles. The molecule has 0 rings (SSSR count). The number of hydrogen-bond acceptors (Lipinski definition) is 3. The van der Waals surface area contributed by atoms with E-state index in [1.54, 1.807) is 0 Å². The van der Waals surface area contributed by atoms with E-state index in [2.05, 4.69) is 0 Å². The van der Waals surface area contributed by atoms with Crippen LogP contribution >= 0.6 is 0 Å². The van der Waals surface area contributed by atoms with Crippen LogP contribution in [0.15, 0.2) is 0 Å². The quantitative estimate of drug-likeness (QED) is 0.317. The van der Waals surface area contributed by atoms with Gasteiger partial charge in [-0.15, -0.1) is 0 Å². The molecular weight excluding hydrogens is 144 g/mol. The van der Waals surface area contributed by atoms with Crippen molar-refractivity contribution in [2.75, 3.05) is 0 Å². The zero-order chi connectivity index (χ0) is 3.58. The molecule has 7 heteroatoms. The average Bonchev–Trinajstić information content (AvgIpc) is 0.811. The van der Waals surface area contributed by atoms with Gasteiger partial charge in [0.15, 0.2) is 0 Å². The fraction of sp³-hybridized carbons (Fsp3) is 0. The molecule has 0 radical (unpaired) electrons. The molecule has 0 bridgehead atoms. The van der Waals surface area contributed by atoms with E-state index in [0.29, 0.717) is 0 Å². The van der Waals surface area contributed by atoms with Crippen molar-refractivity contribution in [3.8, 4) is 0 Å². The Balaban J connectivity index is -0.0000000150. The van der Waals surface area contributed by atoms with Crippen molar-refractivity contribution in [1.29, 1.82) is 0 Å². The molecule has 0 aromatic heterocycles. The first-order chi connectivity index (χ1) is 1.73. The Morgan fingerprint density at radius 3 is 0.714 bits per heavy atom. The van der Waals surface area contributed by atoms with Gasteiger partial charge in [-0.25, -0.2) is 0 Å². The molecule has 0 N–H and O–H groups in total. The van der Waals surface area contributed by atoms with Crippen LogP contribution in [0.5, 0.6) is 0 Å². The van der Waals surface area contributed by atoms with Gasteiger partial charge >= 0.3 is 84.5 Å². The zero-order valence-electron chi connectivity index (χ0n) is 4.67. The van der Waals surface area contributed by atoms with Crippen molar-refractivity contribution in [3.63, 3.8) is 0 Å². The second-order valence-corrected chi connectivity index (χ2v) is 1.16. The van der Waals surface area contributed by atoms with Crippen molar-refractivity contribution in [2.24, 2.45) is 0 Å². The van der Waals surface area contributed by atoms with E-state index in [0.717, 1.165) is 0 Å². The SMILES string of the molecule is [Li+].[Li+].[Li+].[O-][As]([O-])[O-]. The summed E-state index contributed by atoms with van der Waals surface area (Å²) in [6.07, 6.45) is 0. The molecule has 0 saturated heterocycles. The maximum absolute atomic E-state index is 8.56. The van der Waals surface area contributed by atoms with E-state index in [9.17, 15) is 0 Å². The van der Waals surface area contributed by atoms with Crippen LogP contribution in [0, 0.1) is 0 Å². The Morgan fingerprint density at radius 1 is 0.714 bits per heavy atom. The Kier molecular flexibility index (Phi) is 51.4. The van der Waals surface area contributed by atoms with Crippen molar-refractivity contribution in [1.82, 2.24) is 0 Å². The average molecular weight is 144 g/mol. The second kappa shape index (κ2) is 15.7. The summed E-state index contributed by atoms with van der Waals surface area (Å²) in [6, 6.07) is 0. The van der Waals surface area contributed by atoms with Crippen LogP contribution in [0.25, 0.3) is 0 Å². The van der Waals surface area contributed by atoms with Crippen LogP contribution in [0.3, 0.4) is 0 Å². The van der Waals surface area contributed by atoms with Gasteiger partial charge in [0.05, 0.1) is 0 Å². The summed E-state index contributed by atoms with van der Waals surface area (Å²) in [4.78, 5) is 0. The summed E-state index contributed by atoms with van der Waals surface area (Å²) < 4.78 is 25.7. The third kappa shape index (κ3) is 64.2. The molecule has 0 spiro atoms. The minimum absolute atomic E-state index is 0. The number of rotatable bonds is 0. The molecule has 0 aliphatic rings. The van der Waals surface area contributed by atoms with Gasteiger partial charge in [0, 0.05) is 0 Å². The Bertz CT molecular complexity index is 14.9. The van der Waals surface area contributed by atoms with Crippen LogP contribution in [-0.2, 0) is 0 Å². The molecule has 0 atom stereocenters.